The molecular formula is C11H16N2O. The summed E-state index contributed by atoms with van der Waals surface area (Å²) in [7, 11) is 0. The summed E-state index contributed by atoms with van der Waals surface area (Å²) in [4.78, 5) is 4.28. The largest absolute Gasteiger partial charge is 0.368 e. The van der Waals surface area contributed by atoms with Crippen molar-refractivity contribution in [3.8, 4) is 0 Å². The van der Waals surface area contributed by atoms with Crippen LogP contribution in [0.5, 0.6) is 0 Å². The minimum absolute atomic E-state index is 0.0982. The maximum atomic E-state index is 5.87. The van der Waals surface area contributed by atoms with Crippen molar-refractivity contribution in [2.45, 2.75) is 25.6 Å². The van der Waals surface area contributed by atoms with E-state index in [0.29, 0.717) is 6.10 Å². The Morgan fingerprint density at radius 1 is 1.57 bits per heavy atom. The van der Waals surface area contributed by atoms with Gasteiger partial charge in [-0.1, -0.05) is 6.07 Å². The van der Waals surface area contributed by atoms with Crippen LogP contribution in [0.4, 0.5) is 0 Å². The molecule has 1 aromatic rings. The quantitative estimate of drug-likeness (QED) is 0.788. The average Bonchev–Trinajstić information content (AvgIpc) is 2.72. The van der Waals surface area contributed by atoms with E-state index in [1.54, 1.807) is 0 Å². The third-order valence-corrected chi connectivity index (χ3v) is 2.52. The molecule has 2 rings (SSSR count). The Hall–Kier alpha value is -0.930. The van der Waals surface area contributed by atoms with Crippen LogP contribution in [0, 0.1) is 0 Å². The van der Waals surface area contributed by atoms with Gasteiger partial charge < -0.3 is 10.1 Å². The molecule has 0 saturated carbocycles. The first kappa shape index (κ1) is 9.62. The number of hydrogen-bond donors (Lipinski definition) is 1. The van der Waals surface area contributed by atoms with Crippen LogP contribution in [0.2, 0.25) is 0 Å². The maximum Gasteiger partial charge on any atom is 0.0970 e. The Balaban J connectivity index is 1.92. The second kappa shape index (κ2) is 4.53. The third-order valence-electron chi connectivity index (χ3n) is 2.52. The van der Waals surface area contributed by atoms with Crippen LogP contribution in [0.1, 0.15) is 25.1 Å². The Kier molecular flexibility index (Phi) is 3.11. The highest BCUT2D eigenvalue weighted by atomic mass is 16.5. The summed E-state index contributed by atoms with van der Waals surface area (Å²) in [6, 6.07) is 5.93. The van der Waals surface area contributed by atoms with E-state index >= 15 is 0 Å². The van der Waals surface area contributed by atoms with Gasteiger partial charge in [0, 0.05) is 12.7 Å². The van der Waals surface area contributed by atoms with E-state index in [2.05, 4.69) is 17.2 Å². The highest BCUT2D eigenvalue weighted by Gasteiger charge is 2.18. The molecule has 76 valence electrons. The van der Waals surface area contributed by atoms with E-state index < -0.39 is 0 Å². The fourth-order valence-electron chi connectivity index (χ4n) is 1.72. The molecule has 1 aromatic heterocycles. The molecule has 1 aliphatic rings. The van der Waals surface area contributed by atoms with Crippen molar-refractivity contribution in [3.63, 3.8) is 0 Å². The number of nitrogens with zero attached hydrogens (tertiary/aromatic N) is 1. The molecule has 1 saturated heterocycles. The molecule has 0 aromatic carbocycles. The number of rotatable bonds is 3. The predicted molar refractivity (Wildman–Crippen MR) is 55.0 cm³/mol. The molecule has 0 radical (unpaired) electrons. The predicted octanol–water partition coefficient (Wildman–Crippen LogP) is 1.52. The van der Waals surface area contributed by atoms with Gasteiger partial charge in [0.2, 0.25) is 0 Å². The molecular weight excluding hydrogens is 176 g/mol. The van der Waals surface area contributed by atoms with Crippen LogP contribution in [0.25, 0.3) is 0 Å². The monoisotopic (exact) mass is 192 g/mol. The smallest absolute Gasteiger partial charge is 0.0970 e. The van der Waals surface area contributed by atoms with Gasteiger partial charge in [-0.2, -0.15) is 0 Å². The number of hydrogen-bond acceptors (Lipinski definition) is 3. The van der Waals surface area contributed by atoms with Crippen LogP contribution in [0.3, 0.4) is 0 Å². The standard InChI is InChI=1S/C11H16N2O/c1-9(11-4-2-3-6-13-11)14-10-5-7-12-8-10/h2-4,6,9-10,12H,5,7-8H2,1H3/t9-,10+/m0/s1. The lowest BCUT2D eigenvalue weighted by Gasteiger charge is -2.17. The first-order chi connectivity index (χ1) is 6.86. The molecule has 3 nitrogen and oxygen atoms in total. The van der Waals surface area contributed by atoms with Crippen LogP contribution in [0.15, 0.2) is 24.4 Å². The normalized spacial score (nSPS) is 23.6. The van der Waals surface area contributed by atoms with Crippen LogP contribution in [-0.4, -0.2) is 24.2 Å². The molecule has 0 aliphatic carbocycles. The lowest BCUT2D eigenvalue weighted by Crippen LogP contribution is -2.18. The highest BCUT2D eigenvalue weighted by molar-refractivity contribution is 5.06. The zero-order valence-electron chi connectivity index (χ0n) is 8.44. The number of aromatic nitrogens is 1. The summed E-state index contributed by atoms with van der Waals surface area (Å²) < 4.78 is 5.87. The molecule has 2 heterocycles. The van der Waals surface area contributed by atoms with Gasteiger partial charge in [-0.05, 0) is 32.0 Å². The first-order valence-corrected chi connectivity index (χ1v) is 5.13. The van der Waals surface area contributed by atoms with Crippen molar-refractivity contribution >= 4 is 0 Å². The number of pyridine rings is 1. The summed E-state index contributed by atoms with van der Waals surface area (Å²) in [5.74, 6) is 0. The van der Waals surface area contributed by atoms with Gasteiger partial charge in [0.05, 0.1) is 17.9 Å². The van der Waals surface area contributed by atoms with Crippen LogP contribution in [-0.2, 0) is 4.74 Å². The molecule has 1 aliphatic heterocycles. The Morgan fingerprint density at radius 2 is 2.50 bits per heavy atom. The Labute approximate surface area is 84.5 Å². The molecule has 0 amide bonds. The number of nitrogens with one attached hydrogen (secondary N) is 1. The van der Waals surface area contributed by atoms with E-state index in [1.165, 1.54) is 0 Å². The number of ether oxygens (including phenoxy) is 1. The fourth-order valence-corrected chi connectivity index (χ4v) is 1.72. The molecule has 0 spiro atoms. The van der Waals surface area contributed by atoms with Crippen molar-refractivity contribution in [1.29, 1.82) is 0 Å². The summed E-state index contributed by atoms with van der Waals surface area (Å²) in [5.41, 5.74) is 1.01. The lowest BCUT2D eigenvalue weighted by molar-refractivity contribution is 0.00602. The van der Waals surface area contributed by atoms with Crippen molar-refractivity contribution in [1.82, 2.24) is 10.3 Å². The summed E-state index contributed by atoms with van der Waals surface area (Å²) in [5, 5.41) is 3.28. The van der Waals surface area contributed by atoms with Gasteiger partial charge in [0.25, 0.3) is 0 Å². The molecule has 2 atom stereocenters. The average molecular weight is 192 g/mol. The van der Waals surface area contributed by atoms with Crippen molar-refractivity contribution in [2.24, 2.45) is 0 Å². The topological polar surface area (TPSA) is 34.1 Å². The van der Waals surface area contributed by atoms with Gasteiger partial charge in [-0.15, -0.1) is 0 Å². The Morgan fingerprint density at radius 3 is 3.14 bits per heavy atom. The second-order valence-corrected chi connectivity index (χ2v) is 3.65. The first-order valence-electron chi connectivity index (χ1n) is 5.13. The molecule has 1 N–H and O–H groups in total. The van der Waals surface area contributed by atoms with Gasteiger partial charge in [0.1, 0.15) is 0 Å². The minimum atomic E-state index is 0.0982. The van der Waals surface area contributed by atoms with Gasteiger partial charge in [-0.25, -0.2) is 0 Å². The van der Waals surface area contributed by atoms with Crippen molar-refractivity contribution in [3.05, 3.63) is 30.1 Å². The summed E-state index contributed by atoms with van der Waals surface area (Å²) in [6.45, 7) is 4.09. The molecule has 1 fully saturated rings. The zero-order valence-corrected chi connectivity index (χ0v) is 8.44. The van der Waals surface area contributed by atoms with Gasteiger partial charge in [-0.3, -0.25) is 4.98 Å². The molecule has 0 unspecified atom stereocenters. The lowest BCUT2D eigenvalue weighted by atomic mass is 10.2. The van der Waals surface area contributed by atoms with Crippen LogP contribution < -0.4 is 5.32 Å². The minimum Gasteiger partial charge on any atom is -0.368 e. The second-order valence-electron chi connectivity index (χ2n) is 3.65. The summed E-state index contributed by atoms with van der Waals surface area (Å²) >= 11 is 0. The van der Waals surface area contributed by atoms with E-state index in [1.807, 2.05) is 24.4 Å². The molecule has 3 heteroatoms. The van der Waals surface area contributed by atoms with E-state index in [9.17, 15) is 0 Å². The van der Waals surface area contributed by atoms with E-state index in [-0.39, 0.29) is 6.10 Å². The highest BCUT2D eigenvalue weighted by Crippen LogP contribution is 2.18. The van der Waals surface area contributed by atoms with E-state index in [4.69, 9.17) is 4.74 Å². The summed E-state index contributed by atoms with van der Waals surface area (Å²) in [6.07, 6.45) is 3.37. The van der Waals surface area contributed by atoms with Gasteiger partial charge in [0.15, 0.2) is 0 Å². The van der Waals surface area contributed by atoms with Crippen molar-refractivity contribution < 1.29 is 4.74 Å². The Bertz CT molecular complexity index is 270. The van der Waals surface area contributed by atoms with E-state index in [0.717, 1.165) is 25.2 Å². The zero-order chi connectivity index (χ0) is 9.80. The maximum absolute atomic E-state index is 5.87. The SMILES string of the molecule is C[C@H](O[C@@H]1CCNC1)c1ccccn1. The fraction of sp³-hybridized carbons (Fsp3) is 0.545. The van der Waals surface area contributed by atoms with Crippen molar-refractivity contribution in [2.75, 3.05) is 13.1 Å². The molecule has 0 bridgehead atoms. The van der Waals surface area contributed by atoms with Gasteiger partial charge >= 0.3 is 0 Å². The third kappa shape index (κ3) is 2.30. The van der Waals surface area contributed by atoms with Crippen LogP contribution >= 0.6 is 0 Å². The molecule has 14 heavy (non-hydrogen) atoms.